The number of hydrogen-bond acceptors (Lipinski definition) is 4. The number of carboxylic acid groups (broad SMARTS) is 1. The molecule has 1 aromatic carbocycles. The van der Waals surface area contributed by atoms with Crippen molar-refractivity contribution in [2.45, 2.75) is 13.3 Å². The standard InChI is InChI=1S/C17H14ClN3O4/c1-2-12-15(21-6-5-9(18)7-14(21)20-12)16(23)19-10-3-4-13(22)11(8-10)17(24)25/h3-8,22H,2H2,1H3,(H,19,23)(H,24,25). The first-order valence-corrected chi connectivity index (χ1v) is 7.82. The molecule has 0 aliphatic rings. The zero-order valence-electron chi connectivity index (χ0n) is 13.2. The van der Waals surface area contributed by atoms with Gasteiger partial charge in [-0.25, -0.2) is 9.78 Å². The Labute approximate surface area is 147 Å². The second-order valence-corrected chi connectivity index (χ2v) is 5.76. The van der Waals surface area contributed by atoms with E-state index < -0.39 is 11.9 Å². The molecule has 3 rings (SSSR count). The van der Waals surface area contributed by atoms with E-state index in [1.807, 2.05) is 6.92 Å². The lowest BCUT2D eigenvalue weighted by Gasteiger charge is -2.08. The number of aromatic nitrogens is 2. The summed E-state index contributed by atoms with van der Waals surface area (Å²) in [5.41, 5.74) is 1.45. The summed E-state index contributed by atoms with van der Waals surface area (Å²) in [6, 6.07) is 7.14. The highest BCUT2D eigenvalue weighted by molar-refractivity contribution is 6.30. The van der Waals surface area contributed by atoms with Crippen LogP contribution >= 0.6 is 11.6 Å². The molecule has 2 heterocycles. The first-order valence-electron chi connectivity index (χ1n) is 7.45. The van der Waals surface area contributed by atoms with Crippen LogP contribution < -0.4 is 5.32 Å². The Morgan fingerprint density at radius 2 is 2.04 bits per heavy atom. The van der Waals surface area contributed by atoms with Gasteiger partial charge in [0, 0.05) is 23.0 Å². The van der Waals surface area contributed by atoms with Crippen LogP contribution in [0.25, 0.3) is 5.65 Å². The quantitative estimate of drug-likeness (QED) is 0.620. The van der Waals surface area contributed by atoms with Gasteiger partial charge in [0.05, 0.1) is 5.69 Å². The van der Waals surface area contributed by atoms with Crippen LogP contribution in [-0.4, -0.2) is 31.5 Å². The number of hydrogen-bond donors (Lipinski definition) is 3. The number of aromatic hydroxyl groups is 1. The fourth-order valence-corrected chi connectivity index (χ4v) is 2.68. The van der Waals surface area contributed by atoms with Gasteiger partial charge >= 0.3 is 5.97 Å². The van der Waals surface area contributed by atoms with Gasteiger partial charge in [-0.15, -0.1) is 0 Å². The minimum atomic E-state index is -1.28. The van der Waals surface area contributed by atoms with Gasteiger partial charge < -0.3 is 15.5 Å². The van der Waals surface area contributed by atoms with Crippen LogP contribution in [0.1, 0.15) is 33.5 Å². The molecule has 0 saturated heterocycles. The smallest absolute Gasteiger partial charge is 0.339 e. The van der Waals surface area contributed by atoms with Gasteiger partial charge in [-0.1, -0.05) is 18.5 Å². The lowest BCUT2D eigenvalue weighted by Crippen LogP contribution is -2.16. The molecule has 0 aliphatic heterocycles. The largest absolute Gasteiger partial charge is 0.507 e. The minimum Gasteiger partial charge on any atom is -0.507 e. The second-order valence-electron chi connectivity index (χ2n) is 5.33. The molecule has 3 aromatic rings. The van der Waals surface area contributed by atoms with Gasteiger partial charge in [0.15, 0.2) is 0 Å². The number of rotatable bonds is 4. The number of pyridine rings is 1. The summed E-state index contributed by atoms with van der Waals surface area (Å²) in [4.78, 5) is 28.2. The van der Waals surface area contributed by atoms with E-state index in [1.54, 1.807) is 22.7 Å². The minimum absolute atomic E-state index is 0.256. The van der Waals surface area contributed by atoms with Crippen LogP contribution in [0.2, 0.25) is 5.02 Å². The van der Waals surface area contributed by atoms with Crippen molar-refractivity contribution >= 4 is 34.8 Å². The maximum atomic E-state index is 12.7. The summed E-state index contributed by atoms with van der Waals surface area (Å²) in [5, 5.41) is 21.8. The Morgan fingerprint density at radius 3 is 2.72 bits per heavy atom. The molecule has 0 fully saturated rings. The van der Waals surface area contributed by atoms with Crippen molar-refractivity contribution in [3.63, 3.8) is 0 Å². The van der Waals surface area contributed by atoms with Crippen molar-refractivity contribution in [1.82, 2.24) is 9.38 Å². The van der Waals surface area contributed by atoms with Crippen molar-refractivity contribution in [3.8, 4) is 5.75 Å². The number of nitrogens with one attached hydrogen (secondary N) is 1. The summed E-state index contributed by atoms with van der Waals surface area (Å²) in [7, 11) is 0. The van der Waals surface area contributed by atoms with Gasteiger partial charge in [-0.3, -0.25) is 9.20 Å². The topological polar surface area (TPSA) is 104 Å². The molecular formula is C17H14ClN3O4. The molecule has 3 N–H and O–H groups in total. The Bertz CT molecular complexity index is 997. The summed E-state index contributed by atoms with van der Waals surface area (Å²) in [6.45, 7) is 1.88. The molecule has 0 saturated carbocycles. The van der Waals surface area contributed by atoms with Crippen molar-refractivity contribution in [3.05, 3.63) is 58.5 Å². The number of benzene rings is 1. The van der Waals surface area contributed by atoms with Gasteiger partial charge in [0.25, 0.3) is 5.91 Å². The number of anilines is 1. The number of carboxylic acids is 1. The number of aryl methyl sites for hydroxylation is 1. The monoisotopic (exact) mass is 359 g/mol. The third-order valence-electron chi connectivity index (χ3n) is 3.70. The van der Waals surface area contributed by atoms with E-state index in [1.165, 1.54) is 18.2 Å². The number of amides is 1. The second kappa shape index (κ2) is 6.45. The van der Waals surface area contributed by atoms with E-state index in [-0.39, 0.29) is 17.0 Å². The molecule has 8 heteroatoms. The molecule has 128 valence electrons. The van der Waals surface area contributed by atoms with Crippen LogP contribution in [0.5, 0.6) is 5.75 Å². The molecule has 2 aromatic heterocycles. The highest BCUT2D eigenvalue weighted by Gasteiger charge is 2.19. The summed E-state index contributed by atoms with van der Waals surface area (Å²) in [6.07, 6.45) is 2.19. The lowest BCUT2D eigenvalue weighted by molar-refractivity contribution is 0.0693. The maximum absolute atomic E-state index is 12.7. The zero-order chi connectivity index (χ0) is 18.1. The van der Waals surface area contributed by atoms with E-state index in [4.69, 9.17) is 16.7 Å². The molecule has 0 bridgehead atoms. The number of nitrogens with zero attached hydrogens (tertiary/aromatic N) is 2. The Kier molecular flexibility index (Phi) is 4.33. The van der Waals surface area contributed by atoms with Crippen molar-refractivity contribution in [1.29, 1.82) is 0 Å². The van der Waals surface area contributed by atoms with Crippen molar-refractivity contribution in [2.75, 3.05) is 5.32 Å². The van der Waals surface area contributed by atoms with Gasteiger partial charge in [-0.2, -0.15) is 0 Å². The van der Waals surface area contributed by atoms with Crippen molar-refractivity contribution < 1.29 is 19.8 Å². The number of carbonyl (C=O) groups excluding carboxylic acids is 1. The van der Waals surface area contributed by atoms with Crippen molar-refractivity contribution in [2.24, 2.45) is 0 Å². The highest BCUT2D eigenvalue weighted by Crippen LogP contribution is 2.23. The molecule has 7 nitrogen and oxygen atoms in total. The van der Waals surface area contributed by atoms with Crippen LogP contribution in [0, 0.1) is 0 Å². The molecule has 0 spiro atoms. The van der Waals surface area contributed by atoms with E-state index in [0.717, 1.165) is 0 Å². The SMILES string of the molecule is CCc1nc2cc(Cl)ccn2c1C(=O)Nc1ccc(O)c(C(=O)O)c1. The van der Waals surface area contributed by atoms with E-state index >= 15 is 0 Å². The van der Waals surface area contributed by atoms with E-state index in [2.05, 4.69) is 10.3 Å². The number of aromatic carboxylic acids is 1. The van der Waals surface area contributed by atoms with Gasteiger partial charge in [0.1, 0.15) is 22.7 Å². The molecule has 0 radical (unpaired) electrons. The third kappa shape index (κ3) is 3.14. The van der Waals surface area contributed by atoms with Gasteiger partial charge in [-0.05, 0) is 30.7 Å². The Hall–Kier alpha value is -3.06. The van der Waals surface area contributed by atoms with E-state index in [0.29, 0.717) is 28.5 Å². The predicted molar refractivity (Wildman–Crippen MR) is 92.6 cm³/mol. The first-order chi connectivity index (χ1) is 11.9. The van der Waals surface area contributed by atoms with Crippen LogP contribution in [0.4, 0.5) is 5.69 Å². The Balaban J connectivity index is 2.00. The van der Waals surface area contributed by atoms with Crippen LogP contribution in [-0.2, 0) is 6.42 Å². The third-order valence-corrected chi connectivity index (χ3v) is 3.93. The molecule has 0 unspecified atom stereocenters. The fourth-order valence-electron chi connectivity index (χ4n) is 2.53. The molecule has 25 heavy (non-hydrogen) atoms. The summed E-state index contributed by atoms with van der Waals surface area (Å²) >= 11 is 5.96. The molecule has 1 amide bonds. The van der Waals surface area contributed by atoms with Crippen LogP contribution in [0.15, 0.2) is 36.5 Å². The fraction of sp³-hybridized carbons (Fsp3) is 0.118. The summed E-state index contributed by atoms with van der Waals surface area (Å²) in [5.74, 6) is -2.09. The number of fused-ring (bicyclic) bond motifs is 1. The Morgan fingerprint density at radius 1 is 1.28 bits per heavy atom. The molecule has 0 atom stereocenters. The molecular weight excluding hydrogens is 346 g/mol. The molecule has 0 aliphatic carbocycles. The number of phenols is 1. The van der Waals surface area contributed by atoms with Gasteiger partial charge in [0.2, 0.25) is 0 Å². The average molecular weight is 360 g/mol. The lowest BCUT2D eigenvalue weighted by atomic mass is 10.1. The average Bonchev–Trinajstić information content (AvgIpc) is 2.93. The zero-order valence-corrected chi connectivity index (χ0v) is 13.9. The number of carbonyl (C=O) groups is 2. The van der Waals surface area contributed by atoms with E-state index in [9.17, 15) is 14.7 Å². The normalized spacial score (nSPS) is 10.8. The van der Waals surface area contributed by atoms with Crippen LogP contribution in [0.3, 0.4) is 0 Å². The first kappa shape index (κ1) is 16.8. The summed E-state index contributed by atoms with van der Waals surface area (Å²) < 4.78 is 1.62. The number of imidazole rings is 1. The number of halogens is 1. The predicted octanol–water partition coefficient (Wildman–Crippen LogP) is 3.21. The maximum Gasteiger partial charge on any atom is 0.339 e. The highest BCUT2D eigenvalue weighted by atomic mass is 35.5.